The van der Waals surface area contributed by atoms with Gasteiger partial charge in [-0.3, -0.25) is 9.59 Å². The van der Waals surface area contributed by atoms with Gasteiger partial charge in [0.2, 0.25) is 5.60 Å². The van der Waals surface area contributed by atoms with Gasteiger partial charge in [-0.2, -0.15) is 13.2 Å². The van der Waals surface area contributed by atoms with E-state index in [1.54, 1.807) is 0 Å². The fraction of sp³-hybridized carbons (Fsp3) is 0.278. The molecule has 3 rings (SSSR count). The van der Waals surface area contributed by atoms with E-state index in [-0.39, 0.29) is 30.2 Å². The van der Waals surface area contributed by atoms with Gasteiger partial charge in [0.1, 0.15) is 11.5 Å². The Morgan fingerprint density at radius 3 is 2.62 bits per heavy atom. The molecule has 1 aliphatic heterocycles. The molecule has 154 valence electrons. The maximum absolute atomic E-state index is 13.3. The molecule has 2 heterocycles. The quantitative estimate of drug-likeness (QED) is 0.576. The lowest BCUT2D eigenvalue weighted by Gasteiger charge is -2.22. The van der Waals surface area contributed by atoms with E-state index in [9.17, 15) is 32.3 Å². The van der Waals surface area contributed by atoms with Crippen LogP contribution in [0.1, 0.15) is 17.7 Å². The summed E-state index contributed by atoms with van der Waals surface area (Å²) >= 11 is 5.73. The van der Waals surface area contributed by atoms with Gasteiger partial charge in [0.25, 0.3) is 11.8 Å². The number of aromatic nitrogens is 1. The Morgan fingerprint density at radius 1 is 1.31 bits per heavy atom. The van der Waals surface area contributed by atoms with Crippen LogP contribution >= 0.6 is 11.6 Å². The van der Waals surface area contributed by atoms with Crippen molar-refractivity contribution >= 4 is 29.1 Å². The molecule has 2 N–H and O–H groups in total. The van der Waals surface area contributed by atoms with E-state index in [2.05, 4.69) is 10.3 Å². The summed E-state index contributed by atoms with van der Waals surface area (Å²) in [5.74, 6) is -2.61. The zero-order valence-corrected chi connectivity index (χ0v) is 15.4. The van der Waals surface area contributed by atoms with Crippen molar-refractivity contribution in [1.29, 1.82) is 0 Å². The summed E-state index contributed by atoms with van der Waals surface area (Å²) in [6, 6.07) is 5.36. The Hall–Kier alpha value is -2.72. The van der Waals surface area contributed by atoms with Crippen molar-refractivity contribution in [2.75, 3.05) is 11.4 Å². The lowest BCUT2D eigenvalue weighted by molar-refractivity contribution is -0.149. The minimum Gasteiger partial charge on any atom is -0.372 e. The van der Waals surface area contributed by atoms with Gasteiger partial charge in [0.05, 0.1) is 11.9 Å². The van der Waals surface area contributed by atoms with Crippen LogP contribution in [0.25, 0.3) is 0 Å². The van der Waals surface area contributed by atoms with Crippen LogP contribution in [0, 0.1) is 5.82 Å². The number of carbonyl (C=O) groups excluding carboxylic acids is 2. The van der Waals surface area contributed by atoms with Gasteiger partial charge in [0, 0.05) is 24.5 Å². The number of halogens is 5. The van der Waals surface area contributed by atoms with Crippen molar-refractivity contribution in [3.8, 4) is 0 Å². The molecule has 0 aliphatic carbocycles. The van der Waals surface area contributed by atoms with E-state index >= 15 is 0 Å². The fourth-order valence-corrected chi connectivity index (χ4v) is 3.16. The third-order valence-corrected chi connectivity index (χ3v) is 4.62. The Labute approximate surface area is 167 Å². The highest BCUT2D eigenvalue weighted by atomic mass is 35.5. The number of hydrogen-bond acceptors (Lipinski definition) is 4. The zero-order chi connectivity index (χ0) is 21.4. The topological polar surface area (TPSA) is 82.5 Å². The van der Waals surface area contributed by atoms with Gasteiger partial charge in [-0.05, 0) is 35.9 Å². The molecule has 1 aromatic carbocycles. The first-order chi connectivity index (χ1) is 13.5. The van der Waals surface area contributed by atoms with E-state index in [1.807, 2.05) is 0 Å². The third kappa shape index (κ3) is 4.33. The molecule has 11 heteroatoms. The number of anilines is 1. The van der Waals surface area contributed by atoms with Crippen LogP contribution in [0.4, 0.5) is 23.2 Å². The number of aliphatic hydroxyl groups is 1. The number of amides is 2. The number of rotatable bonds is 4. The molecule has 2 amide bonds. The van der Waals surface area contributed by atoms with Crippen molar-refractivity contribution < 1.29 is 32.3 Å². The summed E-state index contributed by atoms with van der Waals surface area (Å²) in [5.41, 5.74) is -3.20. The van der Waals surface area contributed by atoms with Crippen molar-refractivity contribution in [3.05, 3.63) is 58.6 Å². The second kappa shape index (κ2) is 7.60. The highest BCUT2D eigenvalue weighted by Gasteiger charge is 2.51. The van der Waals surface area contributed by atoms with Crippen molar-refractivity contribution in [2.24, 2.45) is 0 Å². The summed E-state index contributed by atoms with van der Waals surface area (Å²) < 4.78 is 51.2. The molecule has 1 aliphatic rings. The van der Waals surface area contributed by atoms with Crippen molar-refractivity contribution in [3.63, 3.8) is 0 Å². The molecule has 0 bridgehead atoms. The maximum atomic E-state index is 13.3. The molecule has 0 spiro atoms. The first kappa shape index (κ1) is 21.0. The van der Waals surface area contributed by atoms with Gasteiger partial charge in [0.15, 0.2) is 0 Å². The summed E-state index contributed by atoms with van der Waals surface area (Å²) in [7, 11) is 0. The number of benzene rings is 1. The molecule has 29 heavy (non-hydrogen) atoms. The molecule has 0 unspecified atom stereocenters. The summed E-state index contributed by atoms with van der Waals surface area (Å²) in [6.07, 6.45) is -4.06. The van der Waals surface area contributed by atoms with Gasteiger partial charge in [-0.25, -0.2) is 9.37 Å². The highest BCUT2D eigenvalue weighted by molar-refractivity contribution is 6.30. The van der Waals surface area contributed by atoms with Crippen LogP contribution < -0.4 is 10.2 Å². The van der Waals surface area contributed by atoms with E-state index in [0.717, 1.165) is 29.3 Å². The minimum absolute atomic E-state index is 0.0173. The third-order valence-electron chi connectivity index (χ3n) is 4.40. The first-order valence-corrected chi connectivity index (χ1v) is 8.69. The number of carbonyl (C=O) groups is 2. The number of nitrogens with one attached hydrogen (secondary N) is 1. The minimum atomic E-state index is -4.63. The highest BCUT2D eigenvalue weighted by Crippen LogP contribution is 2.31. The second-order valence-corrected chi connectivity index (χ2v) is 6.86. The molecular weight excluding hydrogens is 418 g/mol. The van der Waals surface area contributed by atoms with E-state index in [0.29, 0.717) is 11.6 Å². The Morgan fingerprint density at radius 2 is 2.03 bits per heavy atom. The second-order valence-electron chi connectivity index (χ2n) is 6.43. The average Bonchev–Trinajstić information content (AvgIpc) is 2.94. The predicted molar refractivity (Wildman–Crippen MR) is 94.4 cm³/mol. The Bertz CT molecular complexity index is 932. The first-order valence-electron chi connectivity index (χ1n) is 8.31. The Balaban J connectivity index is 1.70. The van der Waals surface area contributed by atoms with Gasteiger partial charge in [-0.15, -0.1) is 0 Å². The molecule has 6 nitrogen and oxygen atoms in total. The van der Waals surface area contributed by atoms with Crippen LogP contribution in [0.5, 0.6) is 0 Å². The number of hydrogen-bond donors (Lipinski definition) is 2. The van der Waals surface area contributed by atoms with Gasteiger partial charge < -0.3 is 15.3 Å². The lowest BCUT2D eigenvalue weighted by Crippen LogP contribution is -2.52. The van der Waals surface area contributed by atoms with Crippen LogP contribution in [-0.2, 0) is 22.3 Å². The van der Waals surface area contributed by atoms with E-state index in [1.165, 1.54) is 6.07 Å². The van der Waals surface area contributed by atoms with Gasteiger partial charge >= 0.3 is 6.18 Å². The maximum Gasteiger partial charge on any atom is 0.433 e. The SMILES string of the molecule is O=C(NCc1cc(F)cc(Cl)c1)[C@]1(O)CCN(c2ccc(C(F)(F)F)nc2)C1=O. The van der Waals surface area contributed by atoms with E-state index < -0.39 is 35.1 Å². The Kier molecular flexibility index (Phi) is 5.50. The lowest BCUT2D eigenvalue weighted by atomic mass is 10.0. The van der Waals surface area contributed by atoms with Crippen molar-refractivity contribution in [1.82, 2.24) is 10.3 Å². The van der Waals surface area contributed by atoms with Crippen LogP contribution in [0.15, 0.2) is 36.5 Å². The molecule has 0 radical (unpaired) electrons. The molecule has 1 fully saturated rings. The zero-order valence-electron chi connectivity index (χ0n) is 14.6. The summed E-state index contributed by atoms with van der Waals surface area (Å²) in [5, 5.41) is 13.0. The standard InChI is InChI=1S/C18H14ClF4N3O3/c19-11-5-10(6-12(20)7-11)8-25-15(27)17(29)3-4-26(16(17)28)13-1-2-14(24-9-13)18(21,22)23/h1-2,5-7,9,29H,3-4,8H2,(H,25,27)/t17-/m1/s1. The normalized spacial score (nSPS) is 19.5. The van der Waals surface area contributed by atoms with Crippen molar-refractivity contribution in [2.45, 2.75) is 24.7 Å². The molecular formula is C18H14ClF4N3O3. The molecule has 1 atom stereocenters. The summed E-state index contributed by atoms with van der Waals surface area (Å²) in [6.45, 7) is -0.282. The van der Waals surface area contributed by atoms with Gasteiger partial charge in [-0.1, -0.05) is 11.6 Å². The average molecular weight is 432 g/mol. The molecule has 1 aromatic heterocycles. The fourth-order valence-electron chi connectivity index (χ4n) is 2.92. The number of nitrogens with zero attached hydrogens (tertiary/aromatic N) is 2. The largest absolute Gasteiger partial charge is 0.433 e. The predicted octanol–water partition coefficient (Wildman–Crippen LogP) is 2.68. The van der Waals surface area contributed by atoms with E-state index in [4.69, 9.17) is 11.6 Å². The molecule has 1 saturated heterocycles. The number of pyridine rings is 1. The monoisotopic (exact) mass is 431 g/mol. The molecule has 0 saturated carbocycles. The van der Waals surface area contributed by atoms with Crippen LogP contribution in [-0.4, -0.2) is 34.1 Å². The summed E-state index contributed by atoms with van der Waals surface area (Å²) in [4.78, 5) is 29.2. The smallest absolute Gasteiger partial charge is 0.372 e. The van der Waals surface area contributed by atoms with Crippen LogP contribution in [0.3, 0.4) is 0 Å². The number of alkyl halides is 3. The molecule has 2 aromatic rings. The van der Waals surface area contributed by atoms with Crippen LogP contribution in [0.2, 0.25) is 5.02 Å².